The molecule has 2 heterocycles. The summed E-state index contributed by atoms with van der Waals surface area (Å²) in [5.74, 6) is 0.178. The normalized spacial score (nSPS) is 10.6. The van der Waals surface area contributed by atoms with E-state index in [1.54, 1.807) is 37.3 Å². The van der Waals surface area contributed by atoms with Gasteiger partial charge in [-0.3, -0.25) is 10.8 Å². The Morgan fingerprint density at radius 2 is 0.986 bits per heavy atom. The average Bonchev–Trinajstić information content (AvgIpc) is 3.97. The monoisotopic (exact) mass is 1860 g/mol. The fourth-order valence-corrected chi connectivity index (χ4v) is 8.32. The summed E-state index contributed by atoms with van der Waals surface area (Å²) >= 11 is 45.9. The number of benzene rings is 4. The zero-order valence-electron chi connectivity index (χ0n) is 39.8. The number of aliphatic hydroxyl groups excluding tert-OH is 3. The molecule has 0 amide bonds. The minimum Gasteiger partial charge on any atom is -1.00 e. The summed E-state index contributed by atoms with van der Waals surface area (Å²) in [4.78, 5) is 21.9. The maximum absolute atomic E-state index is 11.0. The van der Waals surface area contributed by atoms with Crippen molar-refractivity contribution in [3.63, 3.8) is 0 Å². The van der Waals surface area contributed by atoms with E-state index >= 15 is 0 Å². The van der Waals surface area contributed by atoms with Gasteiger partial charge in [-0.2, -0.15) is 0 Å². The van der Waals surface area contributed by atoms with E-state index in [-0.39, 0.29) is 116 Å². The van der Waals surface area contributed by atoms with Crippen molar-refractivity contribution in [3.05, 3.63) is 135 Å². The van der Waals surface area contributed by atoms with Gasteiger partial charge in [-0.1, -0.05) is 137 Å². The predicted octanol–water partition coefficient (Wildman–Crippen LogP) is 12.0. The number of cyclic esters (lactones) is 2. The number of hydrogen-bond acceptors (Lipinski definition) is 12. The van der Waals surface area contributed by atoms with Gasteiger partial charge in [0.1, 0.15) is 4.03 Å². The van der Waals surface area contributed by atoms with Crippen LogP contribution < -0.4 is 41.8 Å². The molecule has 1 fully saturated rings. The van der Waals surface area contributed by atoms with E-state index in [9.17, 15) is 9.59 Å². The topological polar surface area (TPSA) is 265 Å². The van der Waals surface area contributed by atoms with E-state index in [2.05, 4.69) is 189 Å². The second-order valence-corrected chi connectivity index (χ2v) is 35.8. The Labute approximate surface area is 579 Å². The number of fused-ring (bicyclic) bond motifs is 1. The molecule has 0 bridgehead atoms. The quantitative estimate of drug-likeness (QED) is 0.0116. The number of carbonyl (C=O) groups excluding carboxylic acids is 2. The molecule has 0 unspecified atom stereocenters. The Hall–Kier alpha value is 2.61. The van der Waals surface area contributed by atoms with E-state index in [1.165, 1.54) is 47.5 Å². The van der Waals surface area contributed by atoms with E-state index in [1.807, 2.05) is 24.3 Å². The number of aliphatic hydroxyl groups is 3. The number of halogens is 13. The standard InChI is InChI=1S/C10H13BrN4S2.C8H7Br3.C8H3BrO3.C8H9BrO2.C4H8O.C2H6O.CH2Cl2.CH4N2S.Al.Br3P.2BrH.Li.4H/c11-8-2-1-6(4-16-9(12)13)7(3-8)5-17-10(14)15;9-4-6-1-2-8(11)3-7(6)5-10;9-4-1-2-5-6(3-4)8(11)12-7(5)10;9-8-2-1-6(4-10)7(3-8)5-11;1-2-4-5-3-1;1-2-3;2-1-3;2-1(3)4;;1-4(2)3;;;;;;;/h1-3H,4-5H2,(H3,12,13)(H3,14,15);1-3H,4-5H2;1-3H;1-3,10-11H,4-5H2;1-4H2;3H,2H2,1H3;1H2;(H4,2,3,4);;;2*1H;;;;;/q;;;;;;;;;;;;+1;;;;-1. The Morgan fingerprint density at radius 3 is 1.35 bits per heavy atom. The number of alkyl halides is 4. The number of thioether (sulfide) groups is 2. The maximum Gasteiger partial charge on any atom is 1.00 e. The zero-order chi connectivity index (χ0) is 54.2. The summed E-state index contributed by atoms with van der Waals surface area (Å²) in [6.07, 6.45) is 2.56. The third-order valence-electron chi connectivity index (χ3n) is 7.33. The number of nitrogens with two attached hydrogens (primary N) is 4. The SMILES string of the molecule is Br.Br.BrCc1ccc(Br)cc1CBr.BrP(Br)Br.C1CCOC1.CCO.ClCCl.N=C(N)SCc1ccc(Br)cc1CSC(=N)N.NC(N)=S.O=C1OC(=O)c2cc(Br)ccc21.OCc1ccc(Br)cc1CO.[AlH3].[H-].[Li+]. The van der Waals surface area contributed by atoms with E-state index in [0.717, 1.165) is 64.0 Å². The summed E-state index contributed by atoms with van der Waals surface area (Å²) in [6, 6.07) is 22.5. The first kappa shape index (κ1) is 90.4. The number of amidine groups is 2. The average molecular weight is 1870 g/mol. The van der Waals surface area contributed by atoms with Gasteiger partial charge < -0.3 is 49.2 Å². The van der Waals surface area contributed by atoms with Crippen LogP contribution in [-0.2, 0) is 44.9 Å². The van der Waals surface area contributed by atoms with Gasteiger partial charge in [0.05, 0.1) is 29.7 Å². The molecule has 2 aliphatic rings. The summed E-state index contributed by atoms with van der Waals surface area (Å²) < 4.78 is 13.0. The van der Waals surface area contributed by atoms with Crippen LogP contribution in [0.5, 0.6) is 0 Å². The van der Waals surface area contributed by atoms with Crippen LogP contribution in [0.4, 0.5) is 0 Å². The first-order valence-electron chi connectivity index (χ1n) is 19.3. The van der Waals surface area contributed by atoms with Crippen LogP contribution in [0.3, 0.4) is 0 Å². The van der Waals surface area contributed by atoms with E-state index in [0.29, 0.717) is 22.6 Å². The molecule has 74 heavy (non-hydrogen) atoms. The molecule has 4 aromatic rings. The predicted molar refractivity (Wildman–Crippen MR) is 366 cm³/mol. The molecule has 13 nitrogen and oxygen atoms in total. The van der Waals surface area contributed by atoms with Gasteiger partial charge >= 0.3 is 30.8 Å². The second kappa shape index (κ2) is 58.8. The van der Waals surface area contributed by atoms with E-state index < -0.39 is 11.9 Å². The maximum atomic E-state index is 11.0. The number of thiocarbonyl (C=S) groups is 1. The molecule has 0 aromatic heterocycles. The van der Waals surface area contributed by atoms with Gasteiger partial charge in [0, 0.05) is 59.9 Å². The molecule has 2 aliphatic heterocycles. The van der Waals surface area contributed by atoms with Crippen LogP contribution in [0.15, 0.2) is 90.7 Å². The minimum atomic E-state index is -0.573. The molecule has 32 heteroatoms. The molecule has 6 rings (SSSR count). The molecule has 416 valence electrons. The van der Waals surface area contributed by atoms with Crippen LogP contribution >= 0.6 is 239 Å². The molecule has 13 N–H and O–H groups in total. The second-order valence-electron chi connectivity index (χ2n) is 12.3. The fourth-order valence-electron chi connectivity index (χ4n) is 4.49. The van der Waals surface area contributed by atoms with Gasteiger partial charge in [-0.15, -0.1) is 57.2 Å². The summed E-state index contributed by atoms with van der Waals surface area (Å²) in [5.41, 5.74) is 27.0. The van der Waals surface area contributed by atoms with E-state index in [4.69, 9.17) is 65.5 Å². The summed E-state index contributed by atoms with van der Waals surface area (Å²) in [6.45, 7) is 3.87. The molecular formula is C42H58AlBr11Cl2LiN6O7PS3. The molecule has 0 radical (unpaired) electrons. The largest absolute Gasteiger partial charge is 1.00 e. The van der Waals surface area contributed by atoms with Crippen molar-refractivity contribution in [2.45, 2.75) is 55.1 Å². The van der Waals surface area contributed by atoms with Crippen LogP contribution in [0.1, 0.15) is 75.3 Å². The van der Waals surface area contributed by atoms with Crippen molar-refractivity contribution in [3.8, 4) is 0 Å². The molecule has 0 aliphatic carbocycles. The molecular weight excluding hydrogens is 1810 g/mol. The van der Waals surface area contributed by atoms with Gasteiger partial charge in [0.2, 0.25) is 0 Å². The third-order valence-corrected chi connectivity index (χ3v) is 12.0. The summed E-state index contributed by atoms with van der Waals surface area (Å²) in [5, 5.41) is 41.9. The number of esters is 2. The molecule has 0 atom stereocenters. The van der Waals surface area contributed by atoms with Crippen LogP contribution in [-0.4, -0.2) is 85.2 Å². The smallest absolute Gasteiger partial charge is 1.00 e. The van der Waals surface area contributed by atoms with Crippen LogP contribution in [0, 0.1) is 10.8 Å². The van der Waals surface area contributed by atoms with Gasteiger partial charge in [0.15, 0.2) is 32.8 Å². The Bertz CT molecular complexity index is 2130. The van der Waals surface area contributed by atoms with Crippen molar-refractivity contribution in [1.29, 1.82) is 10.8 Å². The van der Waals surface area contributed by atoms with Crippen LogP contribution in [0.2, 0.25) is 0 Å². The Kier molecular flexibility index (Phi) is 71.8. The number of carbonyl (C=O) groups is 2. The van der Waals surface area contributed by atoms with Crippen molar-refractivity contribution in [1.82, 2.24) is 0 Å². The van der Waals surface area contributed by atoms with Gasteiger partial charge in [-0.25, -0.2) is 9.59 Å². The first-order valence-corrected chi connectivity index (χ1v) is 35.6. The molecule has 0 saturated carbocycles. The fraction of sp³-hybridized carbons (Fsp3) is 0.310. The van der Waals surface area contributed by atoms with Gasteiger partial charge in [-0.05, 0) is 166 Å². The zero-order valence-corrected chi connectivity index (χ0v) is 61.4. The summed E-state index contributed by atoms with van der Waals surface area (Å²) in [7, 11) is 0. The molecule has 1 saturated heterocycles. The van der Waals surface area contributed by atoms with Crippen LogP contribution in [0.25, 0.3) is 0 Å². The van der Waals surface area contributed by atoms with Crippen molar-refractivity contribution in [2.75, 3.05) is 25.2 Å². The van der Waals surface area contributed by atoms with Gasteiger partial charge in [0.25, 0.3) is 0 Å². The number of nitrogens with one attached hydrogen (secondary N) is 2. The minimum absolute atomic E-state index is 0. The Morgan fingerprint density at radius 1 is 0.662 bits per heavy atom. The molecule has 0 spiro atoms. The number of hydrogen-bond donors (Lipinski definition) is 9. The van der Waals surface area contributed by atoms with Crippen molar-refractivity contribution < 1.29 is 54.7 Å². The number of ether oxygens (including phenoxy) is 2. The Balaban J connectivity index is -0.000000118. The third kappa shape index (κ3) is 50.3. The number of rotatable bonds is 8. The van der Waals surface area contributed by atoms with Crippen molar-refractivity contribution in [2.24, 2.45) is 22.9 Å². The first-order chi connectivity index (χ1) is 33.0. The van der Waals surface area contributed by atoms with Crippen molar-refractivity contribution >= 4 is 284 Å². The molecule has 4 aromatic carbocycles.